The number of nitrogens with zero attached hydrogens (tertiary/aromatic N) is 2. The molecule has 1 aliphatic rings. The third-order valence-corrected chi connectivity index (χ3v) is 3.86. The van der Waals surface area contributed by atoms with Crippen molar-refractivity contribution in [3.8, 4) is 0 Å². The highest BCUT2D eigenvalue weighted by Crippen LogP contribution is 2.30. The Bertz CT molecular complexity index is 665. The Kier molecular flexibility index (Phi) is 2.79. The number of fused-ring (bicyclic) bond motifs is 1. The molecule has 0 unspecified atom stereocenters. The van der Waals surface area contributed by atoms with Crippen LogP contribution in [0.5, 0.6) is 0 Å². The summed E-state index contributed by atoms with van der Waals surface area (Å²) in [5.41, 5.74) is 2.82. The van der Waals surface area contributed by atoms with Crippen LogP contribution in [0.4, 0.5) is 11.4 Å². The highest BCUT2D eigenvalue weighted by molar-refractivity contribution is 7.08. The summed E-state index contributed by atoms with van der Waals surface area (Å²) < 4.78 is 0. The van der Waals surface area contributed by atoms with Crippen molar-refractivity contribution in [2.24, 2.45) is 0 Å². The molecule has 5 nitrogen and oxygen atoms in total. The first-order valence-electron chi connectivity index (χ1n) is 5.75. The molecule has 0 aromatic carbocycles. The molecule has 0 fully saturated rings. The van der Waals surface area contributed by atoms with Gasteiger partial charge in [-0.3, -0.25) is 19.5 Å². The normalized spacial score (nSPS) is 13.9. The lowest BCUT2D eigenvalue weighted by Gasteiger charge is -2.28. The lowest BCUT2D eigenvalue weighted by molar-refractivity contribution is -0.115. The zero-order valence-corrected chi connectivity index (χ0v) is 11.0. The summed E-state index contributed by atoms with van der Waals surface area (Å²) in [6.07, 6.45) is 3.16. The van der Waals surface area contributed by atoms with Gasteiger partial charge in [-0.2, -0.15) is 11.3 Å². The summed E-state index contributed by atoms with van der Waals surface area (Å²) >= 11 is 1.48. The van der Waals surface area contributed by atoms with Gasteiger partial charge in [0.15, 0.2) is 0 Å². The summed E-state index contributed by atoms with van der Waals surface area (Å²) in [5, 5.41) is 6.44. The molecule has 0 bridgehead atoms. The number of carbonyl (C=O) groups excluding carboxylic acids is 2. The van der Waals surface area contributed by atoms with Crippen LogP contribution in [0.2, 0.25) is 0 Å². The molecule has 3 rings (SSSR count). The number of hydrogen-bond donors (Lipinski definition) is 1. The lowest BCUT2D eigenvalue weighted by atomic mass is 10.1. The number of anilines is 2. The van der Waals surface area contributed by atoms with Crippen molar-refractivity contribution in [2.75, 3.05) is 16.8 Å². The molecule has 2 aromatic rings. The fraction of sp³-hybridized carbons (Fsp3) is 0.154. The van der Waals surface area contributed by atoms with Gasteiger partial charge in [-0.1, -0.05) is 0 Å². The Labute approximate surface area is 113 Å². The molecule has 0 spiro atoms. The fourth-order valence-corrected chi connectivity index (χ4v) is 2.87. The zero-order valence-electron chi connectivity index (χ0n) is 10.2. The molecular weight excluding hydrogens is 262 g/mol. The maximum absolute atomic E-state index is 12.5. The molecule has 96 valence electrons. The smallest absolute Gasteiger partial charge is 0.259 e. The Balaban J connectivity index is 2.04. The van der Waals surface area contributed by atoms with Gasteiger partial charge in [0.2, 0.25) is 5.91 Å². The Morgan fingerprint density at radius 2 is 2.32 bits per heavy atom. The second-order valence-corrected chi connectivity index (χ2v) is 5.04. The number of hydrogen-bond acceptors (Lipinski definition) is 4. The van der Waals surface area contributed by atoms with Crippen LogP contribution in [0.15, 0.2) is 29.2 Å². The van der Waals surface area contributed by atoms with Crippen molar-refractivity contribution in [2.45, 2.75) is 6.92 Å². The highest BCUT2D eigenvalue weighted by Gasteiger charge is 2.28. The van der Waals surface area contributed by atoms with E-state index in [1.165, 1.54) is 16.2 Å². The van der Waals surface area contributed by atoms with Crippen LogP contribution >= 0.6 is 11.3 Å². The van der Waals surface area contributed by atoms with Crippen LogP contribution in [0.1, 0.15) is 15.9 Å². The van der Waals surface area contributed by atoms with Crippen molar-refractivity contribution >= 4 is 34.5 Å². The standard InChI is InChI=1S/C13H11N3O2S/c1-8-6-19-7-9(8)13(18)16-5-12(17)15-10-4-14-3-2-11(10)16/h2-4,6-7H,5H2,1H3,(H,15,17). The van der Waals surface area contributed by atoms with Gasteiger partial charge in [-0.15, -0.1) is 0 Å². The van der Waals surface area contributed by atoms with Crippen LogP contribution in [-0.4, -0.2) is 23.3 Å². The van der Waals surface area contributed by atoms with E-state index >= 15 is 0 Å². The van der Waals surface area contributed by atoms with Crippen molar-refractivity contribution < 1.29 is 9.59 Å². The third-order valence-electron chi connectivity index (χ3n) is 3.00. The number of aryl methyl sites for hydroxylation is 1. The number of nitrogens with one attached hydrogen (secondary N) is 1. The maximum Gasteiger partial charge on any atom is 0.259 e. The molecule has 2 aromatic heterocycles. The van der Waals surface area contributed by atoms with Gasteiger partial charge in [0.25, 0.3) is 5.91 Å². The average molecular weight is 273 g/mol. The molecule has 6 heteroatoms. The molecule has 0 radical (unpaired) electrons. The molecular formula is C13H11N3O2S. The zero-order chi connectivity index (χ0) is 13.4. The Hall–Kier alpha value is -2.21. The van der Waals surface area contributed by atoms with Gasteiger partial charge in [0.05, 0.1) is 23.1 Å². The van der Waals surface area contributed by atoms with E-state index in [-0.39, 0.29) is 18.4 Å². The Morgan fingerprint density at radius 3 is 3.05 bits per heavy atom. The molecule has 1 aliphatic heterocycles. The monoisotopic (exact) mass is 273 g/mol. The predicted octanol–water partition coefficient (Wildman–Crippen LogP) is 2.05. The van der Waals surface area contributed by atoms with E-state index in [1.54, 1.807) is 18.5 Å². The maximum atomic E-state index is 12.5. The van der Waals surface area contributed by atoms with Gasteiger partial charge in [-0.25, -0.2) is 0 Å². The summed E-state index contributed by atoms with van der Waals surface area (Å²) in [7, 11) is 0. The molecule has 0 atom stereocenters. The molecule has 0 saturated carbocycles. The van der Waals surface area contributed by atoms with Crippen molar-refractivity contribution in [3.63, 3.8) is 0 Å². The molecule has 2 amide bonds. The fourth-order valence-electron chi connectivity index (χ4n) is 2.04. The minimum absolute atomic E-state index is 0.0329. The van der Waals surface area contributed by atoms with Crippen molar-refractivity contribution in [1.29, 1.82) is 0 Å². The summed E-state index contributed by atoms with van der Waals surface area (Å²) in [6, 6.07) is 1.73. The number of aromatic nitrogens is 1. The summed E-state index contributed by atoms with van der Waals surface area (Å²) in [4.78, 5) is 29.6. The van der Waals surface area contributed by atoms with Crippen molar-refractivity contribution in [1.82, 2.24) is 4.98 Å². The number of rotatable bonds is 1. The first-order chi connectivity index (χ1) is 9.16. The topological polar surface area (TPSA) is 62.3 Å². The van der Waals surface area contributed by atoms with Gasteiger partial charge in [0, 0.05) is 11.6 Å². The van der Waals surface area contributed by atoms with E-state index in [9.17, 15) is 9.59 Å². The quantitative estimate of drug-likeness (QED) is 0.865. The van der Waals surface area contributed by atoms with Crippen LogP contribution in [0.25, 0.3) is 0 Å². The predicted molar refractivity (Wildman–Crippen MR) is 73.6 cm³/mol. The third kappa shape index (κ3) is 2.00. The molecule has 19 heavy (non-hydrogen) atoms. The minimum Gasteiger partial charge on any atom is -0.321 e. The first-order valence-corrected chi connectivity index (χ1v) is 6.69. The van der Waals surface area contributed by atoms with E-state index in [0.717, 1.165) is 5.56 Å². The van der Waals surface area contributed by atoms with Crippen LogP contribution < -0.4 is 10.2 Å². The van der Waals surface area contributed by atoms with Gasteiger partial charge in [-0.05, 0) is 23.9 Å². The van der Waals surface area contributed by atoms with E-state index in [1.807, 2.05) is 17.7 Å². The number of thiophene rings is 1. The average Bonchev–Trinajstić information content (AvgIpc) is 2.83. The number of carbonyl (C=O) groups is 2. The molecule has 3 heterocycles. The van der Waals surface area contributed by atoms with E-state index in [0.29, 0.717) is 16.9 Å². The van der Waals surface area contributed by atoms with E-state index in [2.05, 4.69) is 10.3 Å². The van der Waals surface area contributed by atoms with Crippen LogP contribution in [0.3, 0.4) is 0 Å². The number of pyridine rings is 1. The highest BCUT2D eigenvalue weighted by atomic mass is 32.1. The molecule has 0 saturated heterocycles. The van der Waals surface area contributed by atoms with Gasteiger partial charge < -0.3 is 5.32 Å². The molecule has 0 aliphatic carbocycles. The van der Waals surface area contributed by atoms with Gasteiger partial charge in [0.1, 0.15) is 6.54 Å². The van der Waals surface area contributed by atoms with Crippen molar-refractivity contribution in [3.05, 3.63) is 40.3 Å². The number of amides is 2. The minimum atomic E-state index is -0.207. The van der Waals surface area contributed by atoms with Crippen LogP contribution in [0, 0.1) is 6.92 Å². The lowest BCUT2D eigenvalue weighted by Crippen LogP contribution is -2.42. The Morgan fingerprint density at radius 1 is 1.47 bits per heavy atom. The second-order valence-electron chi connectivity index (χ2n) is 4.30. The summed E-state index contributed by atoms with van der Waals surface area (Å²) in [6.45, 7) is 1.92. The SMILES string of the molecule is Cc1cscc1C(=O)N1CC(=O)Nc2cnccc21. The van der Waals surface area contributed by atoms with Crippen LogP contribution in [-0.2, 0) is 4.79 Å². The largest absolute Gasteiger partial charge is 0.321 e. The molecule has 1 N–H and O–H groups in total. The first kappa shape index (κ1) is 11.9. The second kappa shape index (κ2) is 4.47. The van der Waals surface area contributed by atoms with Gasteiger partial charge >= 0.3 is 0 Å². The van der Waals surface area contributed by atoms with E-state index in [4.69, 9.17) is 0 Å². The summed E-state index contributed by atoms with van der Waals surface area (Å²) in [5.74, 6) is -0.359. The van der Waals surface area contributed by atoms with E-state index < -0.39 is 0 Å².